The van der Waals surface area contributed by atoms with E-state index in [1.807, 2.05) is 18.2 Å². The van der Waals surface area contributed by atoms with E-state index in [0.717, 1.165) is 35.2 Å². The van der Waals surface area contributed by atoms with E-state index in [2.05, 4.69) is 10.3 Å². The number of thiazole rings is 1. The zero-order chi connectivity index (χ0) is 16.8. The Morgan fingerprint density at radius 2 is 2.04 bits per heavy atom. The molecule has 2 N–H and O–H groups in total. The molecule has 2 saturated carbocycles. The predicted octanol–water partition coefficient (Wildman–Crippen LogP) is 2.99. The Morgan fingerprint density at radius 1 is 1.29 bits per heavy atom. The molecule has 2 aliphatic carbocycles. The average Bonchev–Trinajstić information content (AvgIpc) is 3.26. The first-order valence-electron chi connectivity index (χ1n) is 8.05. The summed E-state index contributed by atoms with van der Waals surface area (Å²) < 4.78 is 6.12. The van der Waals surface area contributed by atoms with Crippen LogP contribution in [0.15, 0.2) is 18.2 Å². The second kappa shape index (κ2) is 5.73. The molecule has 0 aliphatic heterocycles. The van der Waals surface area contributed by atoms with Crippen LogP contribution in [0.1, 0.15) is 19.3 Å². The number of anilines is 1. The van der Waals surface area contributed by atoms with Crippen LogP contribution in [-0.2, 0) is 9.59 Å². The molecule has 1 amide bonds. The number of ether oxygens (including phenoxy) is 1. The average molecular weight is 346 g/mol. The van der Waals surface area contributed by atoms with Gasteiger partial charge in [-0.1, -0.05) is 11.3 Å². The summed E-state index contributed by atoms with van der Waals surface area (Å²) in [5, 5.41) is 12.8. The summed E-state index contributed by atoms with van der Waals surface area (Å²) in [5.74, 6) is -0.991. The van der Waals surface area contributed by atoms with Gasteiger partial charge in [-0.25, -0.2) is 4.98 Å². The van der Waals surface area contributed by atoms with Crippen LogP contribution in [0, 0.1) is 23.7 Å². The van der Waals surface area contributed by atoms with Gasteiger partial charge in [-0.15, -0.1) is 0 Å². The van der Waals surface area contributed by atoms with Gasteiger partial charge in [-0.3, -0.25) is 9.59 Å². The van der Waals surface area contributed by atoms with Crippen molar-refractivity contribution in [1.29, 1.82) is 0 Å². The van der Waals surface area contributed by atoms with E-state index in [9.17, 15) is 14.7 Å². The molecule has 1 aromatic carbocycles. The molecule has 24 heavy (non-hydrogen) atoms. The highest BCUT2D eigenvalue weighted by Crippen LogP contribution is 2.52. The van der Waals surface area contributed by atoms with E-state index in [0.29, 0.717) is 5.13 Å². The highest BCUT2D eigenvalue weighted by Gasteiger charge is 2.54. The number of carbonyl (C=O) groups is 2. The largest absolute Gasteiger partial charge is 0.497 e. The van der Waals surface area contributed by atoms with Crippen LogP contribution in [0.25, 0.3) is 10.2 Å². The van der Waals surface area contributed by atoms with Gasteiger partial charge in [0.1, 0.15) is 5.75 Å². The smallest absolute Gasteiger partial charge is 0.307 e. The van der Waals surface area contributed by atoms with Gasteiger partial charge in [-0.2, -0.15) is 0 Å². The first-order valence-corrected chi connectivity index (χ1v) is 8.86. The van der Waals surface area contributed by atoms with E-state index < -0.39 is 17.8 Å². The topological polar surface area (TPSA) is 88.5 Å². The highest BCUT2D eigenvalue weighted by atomic mass is 32.1. The molecule has 0 spiro atoms. The Labute approximate surface area is 142 Å². The van der Waals surface area contributed by atoms with E-state index >= 15 is 0 Å². The van der Waals surface area contributed by atoms with Crippen LogP contribution < -0.4 is 10.1 Å². The second-order valence-electron chi connectivity index (χ2n) is 6.56. The Balaban J connectivity index is 1.56. The van der Waals surface area contributed by atoms with Gasteiger partial charge >= 0.3 is 5.97 Å². The molecule has 2 fully saturated rings. The Morgan fingerprint density at radius 3 is 2.75 bits per heavy atom. The number of nitrogens with zero attached hydrogens (tertiary/aromatic N) is 1. The maximum atomic E-state index is 12.7. The molecule has 4 atom stereocenters. The molecule has 2 aromatic rings. The summed E-state index contributed by atoms with van der Waals surface area (Å²) in [5.41, 5.74) is 0.791. The summed E-state index contributed by atoms with van der Waals surface area (Å²) in [6, 6.07) is 5.54. The van der Waals surface area contributed by atoms with Crippen LogP contribution in [-0.4, -0.2) is 29.1 Å². The normalized spacial score (nSPS) is 28.2. The second-order valence-corrected chi connectivity index (χ2v) is 7.60. The van der Waals surface area contributed by atoms with Gasteiger partial charge in [0.05, 0.1) is 29.2 Å². The fourth-order valence-electron chi connectivity index (χ4n) is 4.30. The van der Waals surface area contributed by atoms with Gasteiger partial charge in [-0.05, 0) is 49.3 Å². The number of nitrogens with one attached hydrogen (secondary N) is 1. The molecule has 6 nitrogen and oxygen atoms in total. The molecule has 0 unspecified atom stereocenters. The molecule has 2 aliphatic rings. The summed E-state index contributed by atoms with van der Waals surface area (Å²) >= 11 is 1.37. The standard InChI is InChI=1S/C17H18N2O4S/c1-23-10-4-5-11-12(7-10)24-17(18-11)19-15(20)13-8-2-3-9(6-8)14(13)16(21)22/h4-5,7-9,13-14H,2-3,6H2,1H3,(H,21,22)(H,18,19,20)/t8-,9+,13+,14+/m1/s1. The first-order chi connectivity index (χ1) is 11.6. The molecule has 7 heteroatoms. The lowest BCUT2D eigenvalue weighted by molar-refractivity contribution is -0.148. The van der Waals surface area contributed by atoms with Crippen LogP contribution in [0.3, 0.4) is 0 Å². The van der Waals surface area contributed by atoms with Gasteiger partial charge in [0.25, 0.3) is 0 Å². The zero-order valence-electron chi connectivity index (χ0n) is 13.2. The lowest BCUT2D eigenvalue weighted by Crippen LogP contribution is -2.37. The number of aromatic nitrogens is 1. The van der Waals surface area contributed by atoms with Crippen molar-refractivity contribution >= 4 is 38.6 Å². The number of hydrogen-bond acceptors (Lipinski definition) is 5. The van der Waals surface area contributed by atoms with Gasteiger partial charge in [0.15, 0.2) is 5.13 Å². The molecule has 126 valence electrons. The number of fused-ring (bicyclic) bond motifs is 3. The number of hydrogen-bond donors (Lipinski definition) is 2. The van der Waals surface area contributed by atoms with Gasteiger partial charge < -0.3 is 15.2 Å². The van der Waals surface area contributed by atoms with Gasteiger partial charge in [0.2, 0.25) is 5.91 Å². The third kappa shape index (κ3) is 2.43. The highest BCUT2D eigenvalue weighted by molar-refractivity contribution is 7.22. The van der Waals surface area contributed by atoms with Crippen LogP contribution in [0.4, 0.5) is 5.13 Å². The van der Waals surface area contributed by atoms with Gasteiger partial charge in [0, 0.05) is 0 Å². The minimum atomic E-state index is -0.851. The maximum absolute atomic E-state index is 12.7. The molecular weight excluding hydrogens is 328 g/mol. The zero-order valence-corrected chi connectivity index (χ0v) is 14.0. The quantitative estimate of drug-likeness (QED) is 0.888. The lowest BCUT2D eigenvalue weighted by Gasteiger charge is -2.26. The maximum Gasteiger partial charge on any atom is 0.307 e. The SMILES string of the molecule is COc1ccc2nc(NC(=O)[C@H]3[C@@H]4CC[C@@H](C4)[C@@H]3C(=O)O)sc2c1. The Bertz CT molecular complexity index is 818. The van der Waals surface area contributed by atoms with Crippen LogP contribution in [0.2, 0.25) is 0 Å². The summed E-state index contributed by atoms with van der Waals surface area (Å²) in [4.78, 5) is 28.7. The van der Waals surface area contributed by atoms with Crippen molar-refractivity contribution in [2.24, 2.45) is 23.7 Å². The minimum Gasteiger partial charge on any atom is -0.497 e. The fraction of sp³-hybridized carbons (Fsp3) is 0.471. The van der Waals surface area contributed by atoms with E-state index in [4.69, 9.17) is 4.74 Å². The number of amides is 1. The first kappa shape index (κ1) is 15.4. The third-order valence-electron chi connectivity index (χ3n) is 5.33. The molecule has 4 rings (SSSR count). The lowest BCUT2D eigenvalue weighted by atomic mass is 9.79. The predicted molar refractivity (Wildman–Crippen MR) is 90.2 cm³/mol. The summed E-state index contributed by atoms with van der Waals surface area (Å²) in [6.45, 7) is 0. The van der Waals surface area contributed by atoms with Crippen molar-refractivity contribution in [3.05, 3.63) is 18.2 Å². The molecule has 1 heterocycles. The van der Waals surface area contributed by atoms with Crippen molar-refractivity contribution in [3.63, 3.8) is 0 Å². The molecular formula is C17H18N2O4S. The fourth-order valence-corrected chi connectivity index (χ4v) is 5.20. The van der Waals surface area contributed by atoms with Crippen molar-refractivity contribution in [3.8, 4) is 5.75 Å². The van der Waals surface area contributed by atoms with Crippen molar-refractivity contribution in [2.45, 2.75) is 19.3 Å². The number of methoxy groups -OCH3 is 1. The number of carbonyl (C=O) groups excluding carboxylic acids is 1. The molecule has 0 radical (unpaired) electrons. The molecule has 0 saturated heterocycles. The Hall–Kier alpha value is -2.15. The van der Waals surface area contributed by atoms with E-state index in [-0.39, 0.29) is 17.7 Å². The number of carboxylic acid groups (broad SMARTS) is 1. The monoisotopic (exact) mass is 346 g/mol. The number of carboxylic acids is 1. The number of benzene rings is 1. The Kier molecular flexibility index (Phi) is 3.68. The minimum absolute atomic E-state index is 0.142. The molecule has 2 bridgehead atoms. The number of aliphatic carboxylic acids is 1. The van der Waals surface area contributed by atoms with Crippen molar-refractivity contribution in [1.82, 2.24) is 4.98 Å². The summed E-state index contributed by atoms with van der Waals surface area (Å²) in [7, 11) is 1.60. The summed E-state index contributed by atoms with van der Waals surface area (Å²) in [6.07, 6.45) is 2.72. The van der Waals surface area contributed by atoms with Crippen molar-refractivity contribution < 1.29 is 19.4 Å². The van der Waals surface area contributed by atoms with Crippen molar-refractivity contribution in [2.75, 3.05) is 12.4 Å². The van der Waals surface area contributed by atoms with E-state index in [1.165, 1.54) is 11.3 Å². The number of rotatable bonds is 4. The van der Waals surface area contributed by atoms with E-state index in [1.54, 1.807) is 7.11 Å². The van der Waals surface area contributed by atoms with Crippen LogP contribution in [0.5, 0.6) is 5.75 Å². The van der Waals surface area contributed by atoms with Crippen LogP contribution >= 0.6 is 11.3 Å². The molecule has 1 aromatic heterocycles. The third-order valence-corrected chi connectivity index (χ3v) is 6.26.